The quantitative estimate of drug-likeness (QED) is 0.513. The van der Waals surface area contributed by atoms with E-state index in [1.165, 1.54) is 24.3 Å². The van der Waals surface area contributed by atoms with Gasteiger partial charge in [-0.05, 0) is 17.7 Å². The number of non-ortho nitro benzene ring substituents is 1. The molecule has 0 aliphatic heterocycles. The molecule has 0 radical (unpaired) electrons. The standard InChI is InChI=1S/C9H10BrNO5S/c1-17(15,16)9(10)8(12)6-2-4-7(5-3-6)11(13)14/h2-5,8-9,12H,1H3/t8-,9-/m1/s1. The predicted octanol–water partition coefficient (Wildman–Crippen LogP) is 1.39. The molecule has 1 aromatic rings. The van der Waals surface area contributed by atoms with Crippen LogP contribution in [-0.4, -0.2) is 28.9 Å². The molecule has 0 saturated heterocycles. The van der Waals surface area contributed by atoms with E-state index in [2.05, 4.69) is 15.9 Å². The summed E-state index contributed by atoms with van der Waals surface area (Å²) in [6.07, 6.45) is -0.285. The Hall–Kier alpha value is -0.990. The second kappa shape index (κ2) is 5.11. The fraction of sp³-hybridized carbons (Fsp3) is 0.333. The van der Waals surface area contributed by atoms with Gasteiger partial charge >= 0.3 is 0 Å². The molecule has 0 aromatic heterocycles. The van der Waals surface area contributed by atoms with Crippen LogP contribution in [0.2, 0.25) is 0 Å². The molecular weight excluding hydrogens is 314 g/mol. The third-order valence-corrected chi connectivity index (χ3v) is 5.72. The zero-order valence-electron chi connectivity index (χ0n) is 8.78. The van der Waals surface area contributed by atoms with E-state index >= 15 is 0 Å². The van der Waals surface area contributed by atoms with Gasteiger partial charge in [0.25, 0.3) is 5.69 Å². The lowest BCUT2D eigenvalue weighted by Gasteiger charge is -2.15. The average Bonchev–Trinajstić information content (AvgIpc) is 2.26. The Morgan fingerprint density at radius 2 is 1.82 bits per heavy atom. The van der Waals surface area contributed by atoms with Crippen molar-refractivity contribution in [2.75, 3.05) is 6.26 Å². The molecule has 0 amide bonds. The van der Waals surface area contributed by atoms with Crippen molar-refractivity contribution in [1.29, 1.82) is 0 Å². The third-order valence-electron chi connectivity index (χ3n) is 2.10. The number of benzene rings is 1. The Balaban J connectivity index is 2.98. The molecule has 0 aliphatic carbocycles. The zero-order valence-corrected chi connectivity index (χ0v) is 11.2. The van der Waals surface area contributed by atoms with Crippen LogP contribution in [0.1, 0.15) is 11.7 Å². The van der Waals surface area contributed by atoms with Crippen molar-refractivity contribution < 1.29 is 18.4 Å². The van der Waals surface area contributed by atoms with E-state index in [4.69, 9.17) is 0 Å². The molecule has 2 atom stereocenters. The molecule has 94 valence electrons. The molecule has 1 aromatic carbocycles. The Kier molecular flexibility index (Phi) is 4.23. The predicted molar refractivity (Wildman–Crippen MR) is 65.6 cm³/mol. The van der Waals surface area contributed by atoms with Crippen molar-refractivity contribution >= 4 is 31.5 Å². The van der Waals surface area contributed by atoms with Gasteiger partial charge in [0.1, 0.15) is 10.3 Å². The molecule has 0 saturated carbocycles. The number of hydrogen-bond acceptors (Lipinski definition) is 5. The molecule has 6 nitrogen and oxygen atoms in total. The Morgan fingerprint density at radius 1 is 1.35 bits per heavy atom. The van der Waals surface area contributed by atoms with Gasteiger partial charge in [-0.25, -0.2) is 8.42 Å². The van der Waals surface area contributed by atoms with Crippen LogP contribution < -0.4 is 0 Å². The molecule has 0 bridgehead atoms. The lowest BCUT2D eigenvalue weighted by Crippen LogP contribution is -2.21. The lowest BCUT2D eigenvalue weighted by molar-refractivity contribution is -0.384. The minimum absolute atomic E-state index is 0.119. The van der Waals surface area contributed by atoms with Crippen LogP contribution in [-0.2, 0) is 9.84 Å². The summed E-state index contributed by atoms with van der Waals surface area (Å²) < 4.78 is 21.3. The van der Waals surface area contributed by atoms with E-state index in [-0.39, 0.29) is 5.69 Å². The van der Waals surface area contributed by atoms with Crippen LogP contribution in [0, 0.1) is 10.1 Å². The first-order chi connectivity index (χ1) is 7.73. The smallest absolute Gasteiger partial charge is 0.269 e. The highest BCUT2D eigenvalue weighted by molar-refractivity contribution is 9.11. The van der Waals surface area contributed by atoms with Gasteiger partial charge in [-0.2, -0.15) is 0 Å². The molecule has 0 heterocycles. The van der Waals surface area contributed by atoms with Gasteiger partial charge < -0.3 is 5.11 Å². The van der Waals surface area contributed by atoms with Gasteiger partial charge in [-0.3, -0.25) is 10.1 Å². The van der Waals surface area contributed by atoms with Crippen molar-refractivity contribution in [1.82, 2.24) is 0 Å². The maximum atomic E-state index is 11.2. The summed E-state index contributed by atoms with van der Waals surface area (Å²) in [6, 6.07) is 5.06. The van der Waals surface area contributed by atoms with E-state index in [0.29, 0.717) is 5.56 Å². The zero-order chi connectivity index (χ0) is 13.2. The van der Waals surface area contributed by atoms with Crippen LogP contribution >= 0.6 is 15.9 Å². The van der Waals surface area contributed by atoms with E-state index < -0.39 is 25.0 Å². The number of aliphatic hydroxyl groups excluding tert-OH is 1. The summed E-state index contributed by atoms with van der Waals surface area (Å²) in [6.45, 7) is 0. The Bertz CT molecular complexity index is 513. The first kappa shape index (κ1) is 14.1. The molecule has 0 aliphatic rings. The monoisotopic (exact) mass is 323 g/mol. The Labute approximate surface area is 106 Å². The summed E-state index contributed by atoms with van der Waals surface area (Å²) in [4.78, 5) is 9.84. The van der Waals surface area contributed by atoms with Gasteiger partial charge in [0.05, 0.1) is 4.92 Å². The lowest BCUT2D eigenvalue weighted by atomic mass is 10.1. The largest absolute Gasteiger partial charge is 0.386 e. The summed E-state index contributed by atoms with van der Waals surface area (Å²) in [5.41, 5.74) is 0.175. The molecule has 1 N–H and O–H groups in total. The van der Waals surface area contributed by atoms with Crippen LogP contribution in [0.5, 0.6) is 0 Å². The molecule has 17 heavy (non-hydrogen) atoms. The number of halogens is 1. The highest BCUT2D eigenvalue weighted by atomic mass is 79.9. The van der Waals surface area contributed by atoms with Crippen molar-refractivity contribution in [3.63, 3.8) is 0 Å². The highest BCUT2D eigenvalue weighted by Gasteiger charge is 2.27. The second-order valence-electron chi connectivity index (χ2n) is 3.47. The van der Waals surface area contributed by atoms with Crippen LogP contribution in [0.25, 0.3) is 0 Å². The molecular formula is C9H10BrNO5S. The maximum absolute atomic E-state index is 11.2. The molecule has 0 fully saturated rings. The summed E-state index contributed by atoms with van der Waals surface area (Å²) >= 11 is 2.88. The normalized spacial score (nSPS) is 15.2. The number of rotatable bonds is 4. The number of nitrogens with zero attached hydrogens (tertiary/aromatic N) is 1. The third kappa shape index (κ3) is 3.48. The number of sulfone groups is 1. The topological polar surface area (TPSA) is 97.5 Å². The number of hydrogen-bond donors (Lipinski definition) is 1. The SMILES string of the molecule is CS(=O)(=O)[C@@H](Br)[C@H](O)c1ccc([N+](=O)[O-])cc1. The first-order valence-electron chi connectivity index (χ1n) is 4.49. The molecule has 1 rings (SSSR count). The number of nitro benzene ring substituents is 1. The van der Waals surface area contributed by atoms with Gasteiger partial charge in [0.2, 0.25) is 0 Å². The fourth-order valence-corrected chi connectivity index (χ4v) is 2.11. The van der Waals surface area contributed by atoms with Crippen molar-refractivity contribution in [2.24, 2.45) is 0 Å². The molecule has 8 heteroatoms. The van der Waals surface area contributed by atoms with E-state index in [1.54, 1.807) is 0 Å². The summed E-state index contributed by atoms with van der Waals surface area (Å²) in [7, 11) is -3.44. The van der Waals surface area contributed by atoms with E-state index in [1.807, 2.05) is 0 Å². The molecule has 0 unspecified atom stereocenters. The second-order valence-corrected chi connectivity index (χ2v) is 7.23. The minimum atomic E-state index is -3.44. The number of aliphatic hydroxyl groups is 1. The minimum Gasteiger partial charge on any atom is -0.386 e. The van der Waals surface area contributed by atoms with E-state index in [9.17, 15) is 23.6 Å². The van der Waals surface area contributed by atoms with Gasteiger partial charge in [-0.15, -0.1) is 0 Å². The van der Waals surface area contributed by atoms with Gasteiger partial charge in [0, 0.05) is 18.4 Å². The first-order valence-corrected chi connectivity index (χ1v) is 7.36. The van der Waals surface area contributed by atoms with Crippen molar-refractivity contribution in [2.45, 2.75) is 10.3 Å². The van der Waals surface area contributed by atoms with Crippen molar-refractivity contribution in [3.05, 3.63) is 39.9 Å². The highest BCUT2D eigenvalue weighted by Crippen LogP contribution is 2.27. The molecule has 0 spiro atoms. The number of alkyl halides is 1. The average molecular weight is 324 g/mol. The van der Waals surface area contributed by atoms with Gasteiger partial charge in [0.15, 0.2) is 9.84 Å². The van der Waals surface area contributed by atoms with Crippen molar-refractivity contribution in [3.8, 4) is 0 Å². The van der Waals surface area contributed by atoms with Gasteiger partial charge in [-0.1, -0.05) is 15.9 Å². The van der Waals surface area contributed by atoms with Crippen LogP contribution in [0.3, 0.4) is 0 Å². The van der Waals surface area contributed by atoms with E-state index in [0.717, 1.165) is 6.26 Å². The fourth-order valence-electron chi connectivity index (χ4n) is 1.18. The summed E-state index contributed by atoms with van der Waals surface area (Å²) in [5.74, 6) is 0. The Morgan fingerprint density at radius 3 is 2.18 bits per heavy atom. The maximum Gasteiger partial charge on any atom is 0.269 e. The number of nitro groups is 1. The van der Waals surface area contributed by atoms with Crippen LogP contribution in [0.4, 0.5) is 5.69 Å². The van der Waals surface area contributed by atoms with Crippen LogP contribution in [0.15, 0.2) is 24.3 Å². The summed E-state index contributed by atoms with van der Waals surface area (Å²) in [5, 5.41) is 20.2.